The number of rotatable bonds is 2. The minimum Gasteiger partial charge on any atom is -0.207 e. The zero-order valence-electron chi connectivity index (χ0n) is 9.85. The van der Waals surface area contributed by atoms with Gasteiger partial charge in [-0.1, -0.05) is 33.6 Å². The molecule has 0 fully saturated rings. The topological polar surface area (TPSA) is 0 Å². The molecule has 0 aromatic heterocycles. The lowest BCUT2D eigenvalue weighted by Gasteiger charge is -2.13. The minimum absolute atomic E-state index is 0.0148. The average molecular weight is 350 g/mol. The Kier molecular flexibility index (Phi) is 4.21. The van der Waals surface area contributed by atoms with Crippen LogP contribution in [0.15, 0.2) is 30.3 Å². The molecule has 0 nitrogen and oxygen atoms in total. The molecule has 0 heterocycles. The molecular formula is C14H9BrClF3. The summed E-state index contributed by atoms with van der Waals surface area (Å²) in [5, 5.41) is -0.0148. The molecule has 0 bridgehead atoms. The van der Waals surface area contributed by atoms with E-state index in [0.29, 0.717) is 5.56 Å². The Bertz CT molecular complexity index is 628. The second kappa shape index (κ2) is 5.55. The van der Waals surface area contributed by atoms with Crippen LogP contribution in [-0.4, -0.2) is 0 Å². The molecule has 1 unspecified atom stereocenters. The van der Waals surface area contributed by atoms with Crippen LogP contribution in [-0.2, 0) is 0 Å². The van der Waals surface area contributed by atoms with E-state index in [1.165, 1.54) is 19.1 Å². The quantitative estimate of drug-likeness (QED) is 0.624. The molecule has 0 saturated heterocycles. The predicted molar refractivity (Wildman–Crippen MR) is 73.3 cm³/mol. The van der Waals surface area contributed by atoms with Crippen molar-refractivity contribution in [1.29, 1.82) is 0 Å². The van der Waals surface area contributed by atoms with Gasteiger partial charge in [0.2, 0.25) is 0 Å². The smallest absolute Gasteiger partial charge is 0.142 e. The highest BCUT2D eigenvalue weighted by atomic mass is 79.9. The summed E-state index contributed by atoms with van der Waals surface area (Å²) in [6, 6.07) is 6.35. The van der Waals surface area contributed by atoms with Crippen LogP contribution < -0.4 is 0 Å². The predicted octanol–water partition coefficient (Wildman–Crippen LogP) is 5.55. The highest BCUT2D eigenvalue weighted by Gasteiger charge is 2.18. The van der Waals surface area contributed by atoms with Gasteiger partial charge in [0.1, 0.15) is 17.5 Å². The molecule has 0 saturated carbocycles. The fourth-order valence-electron chi connectivity index (χ4n) is 1.71. The molecule has 0 radical (unpaired) electrons. The van der Waals surface area contributed by atoms with Crippen molar-refractivity contribution in [3.05, 3.63) is 69.5 Å². The zero-order chi connectivity index (χ0) is 14.2. The summed E-state index contributed by atoms with van der Waals surface area (Å²) in [6.07, 6.45) is 0. The molecule has 0 aliphatic heterocycles. The lowest BCUT2D eigenvalue weighted by Crippen LogP contribution is -2.00. The van der Waals surface area contributed by atoms with E-state index in [4.69, 9.17) is 11.6 Å². The first-order valence-electron chi connectivity index (χ1n) is 5.44. The van der Waals surface area contributed by atoms with Crippen LogP contribution in [0.4, 0.5) is 13.2 Å². The molecule has 0 N–H and O–H groups in total. The van der Waals surface area contributed by atoms with Crippen molar-refractivity contribution in [2.75, 3.05) is 0 Å². The van der Waals surface area contributed by atoms with Gasteiger partial charge in [-0.25, -0.2) is 13.2 Å². The third-order valence-electron chi connectivity index (χ3n) is 2.79. The van der Waals surface area contributed by atoms with Crippen LogP contribution in [0.3, 0.4) is 0 Å². The minimum atomic E-state index is -0.644. The lowest BCUT2D eigenvalue weighted by atomic mass is 10.0. The Balaban J connectivity index is 2.46. The molecule has 0 aliphatic rings. The van der Waals surface area contributed by atoms with Gasteiger partial charge in [-0.05, 0) is 42.3 Å². The van der Waals surface area contributed by atoms with E-state index in [9.17, 15) is 13.2 Å². The first-order valence-corrected chi connectivity index (χ1v) is 6.74. The van der Waals surface area contributed by atoms with Crippen molar-refractivity contribution in [2.24, 2.45) is 0 Å². The van der Waals surface area contributed by atoms with Gasteiger partial charge in [0.15, 0.2) is 0 Å². The largest absolute Gasteiger partial charge is 0.207 e. The Morgan fingerprint density at radius 2 is 1.68 bits per heavy atom. The summed E-state index contributed by atoms with van der Waals surface area (Å²) in [4.78, 5) is -0.644. The van der Waals surface area contributed by atoms with Gasteiger partial charge in [-0.3, -0.25) is 0 Å². The second-order valence-corrected chi connectivity index (χ2v) is 5.48. The molecule has 2 aromatic carbocycles. The lowest BCUT2D eigenvalue weighted by molar-refractivity contribution is 0.581. The fraction of sp³-hybridized carbons (Fsp3) is 0.143. The van der Waals surface area contributed by atoms with E-state index < -0.39 is 22.3 Å². The number of halogens is 5. The van der Waals surface area contributed by atoms with Crippen molar-refractivity contribution in [2.45, 2.75) is 11.8 Å². The van der Waals surface area contributed by atoms with E-state index in [1.54, 1.807) is 6.07 Å². The van der Waals surface area contributed by atoms with Crippen LogP contribution in [0.5, 0.6) is 0 Å². The number of hydrogen-bond acceptors (Lipinski definition) is 0. The summed E-state index contributed by atoms with van der Waals surface area (Å²) >= 11 is 8.83. The second-order valence-electron chi connectivity index (χ2n) is 4.16. The Labute approximate surface area is 122 Å². The SMILES string of the molecule is Cc1cc(F)c(C(Br)c2ccc(Cl)c(F)c2)cc1F. The Hall–Kier alpha value is -1.00. The molecule has 1 atom stereocenters. The van der Waals surface area contributed by atoms with Gasteiger partial charge in [0.25, 0.3) is 0 Å². The van der Waals surface area contributed by atoms with Gasteiger partial charge < -0.3 is 0 Å². The van der Waals surface area contributed by atoms with Gasteiger partial charge >= 0.3 is 0 Å². The highest BCUT2D eigenvalue weighted by Crippen LogP contribution is 2.34. The van der Waals surface area contributed by atoms with Crippen molar-refractivity contribution in [3.8, 4) is 0 Å². The van der Waals surface area contributed by atoms with Gasteiger partial charge in [0, 0.05) is 5.56 Å². The van der Waals surface area contributed by atoms with Crippen LogP contribution >= 0.6 is 27.5 Å². The molecule has 100 valence electrons. The van der Waals surface area contributed by atoms with E-state index in [-0.39, 0.29) is 16.1 Å². The van der Waals surface area contributed by atoms with E-state index in [1.807, 2.05) is 0 Å². The van der Waals surface area contributed by atoms with Gasteiger partial charge in [-0.15, -0.1) is 0 Å². The maximum atomic E-state index is 13.8. The van der Waals surface area contributed by atoms with Crippen LogP contribution in [0, 0.1) is 24.4 Å². The molecule has 0 amide bonds. The van der Waals surface area contributed by atoms with Crippen molar-refractivity contribution >= 4 is 27.5 Å². The Morgan fingerprint density at radius 1 is 1.00 bits per heavy atom. The number of hydrogen-bond donors (Lipinski definition) is 0. The van der Waals surface area contributed by atoms with Crippen LogP contribution in [0.1, 0.15) is 21.5 Å². The van der Waals surface area contributed by atoms with Gasteiger partial charge in [0.05, 0.1) is 9.85 Å². The number of benzene rings is 2. The summed E-state index contributed by atoms with van der Waals surface area (Å²) in [5.74, 6) is -1.65. The van der Waals surface area contributed by atoms with Crippen molar-refractivity contribution in [3.63, 3.8) is 0 Å². The summed E-state index contributed by atoms with van der Waals surface area (Å²) in [7, 11) is 0. The highest BCUT2D eigenvalue weighted by molar-refractivity contribution is 9.09. The van der Waals surface area contributed by atoms with E-state index >= 15 is 0 Å². The standard InChI is InChI=1S/C14H9BrClF3/c1-7-4-12(18)9(6-11(7)17)14(15)8-2-3-10(16)13(19)5-8/h2-6,14H,1H3. The first kappa shape index (κ1) is 14.4. The maximum Gasteiger partial charge on any atom is 0.142 e. The number of aryl methyl sites for hydroxylation is 1. The molecule has 5 heteroatoms. The normalized spacial score (nSPS) is 12.5. The van der Waals surface area contributed by atoms with Crippen LogP contribution in [0.2, 0.25) is 5.02 Å². The summed E-state index contributed by atoms with van der Waals surface area (Å²) in [6.45, 7) is 1.48. The maximum absolute atomic E-state index is 13.8. The zero-order valence-corrected chi connectivity index (χ0v) is 12.2. The molecule has 2 rings (SSSR count). The summed E-state index contributed by atoms with van der Waals surface area (Å²) < 4.78 is 40.7. The van der Waals surface area contributed by atoms with Crippen LogP contribution in [0.25, 0.3) is 0 Å². The number of alkyl halides is 1. The first-order chi connectivity index (χ1) is 8.90. The fourth-order valence-corrected chi connectivity index (χ4v) is 2.46. The molecule has 19 heavy (non-hydrogen) atoms. The summed E-state index contributed by atoms with van der Waals surface area (Å²) in [5.41, 5.74) is 0.803. The van der Waals surface area contributed by atoms with Gasteiger partial charge in [-0.2, -0.15) is 0 Å². The van der Waals surface area contributed by atoms with Crippen molar-refractivity contribution < 1.29 is 13.2 Å². The Morgan fingerprint density at radius 3 is 2.32 bits per heavy atom. The third-order valence-corrected chi connectivity index (χ3v) is 4.12. The molecule has 0 aliphatic carbocycles. The molecule has 0 spiro atoms. The van der Waals surface area contributed by atoms with E-state index in [2.05, 4.69) is 15.9 Å². The molecular weight excluding hydrogens is 341 g/mol. The van der Waals surface area contributed by atoms with E-state index in [0.717, 1.165) is 12.1 Å². The average Bonchev–Trinajstić information content (AvgIpc) is 2.36. The van der Waals surface area contributed by atoms with Crippen molar-refractivity contribution in [1.82, 2.24) is 0 Å². The third kappa shape index (κ3) is 2.95. The molecule has 2 aromatic rings. The monoisotopic (exact) mass is 348 g/mol.